The molecule has 8 heteroatoms. The van der Waals surface area contributed by atoms with Crippen molar-refractivity contribution in [2.75, 3.05) is 4.90 Å². The molecule has 0 saturated carbocycles. The maximum atomic E-state index is 13.6. The first-order valence-corrected chi connectivity index (χ1v) is 10.2. The van der Waals surface area contributed by atoms with Gasteiger partial charge in [-0.25, -0.2) is 4.39 Å². The van der Waals surface area contributed by atoms with E-state index in [0.717, 1.165) is 17.1 Å². The summed E-state index contributed by atoms with van der Waals surface area (Å²) in [4.78, 5) is 28.2. The fourth-order valence-corrected chi connectivity index (χ4v) is 3.40. The summed E-state index contributed by atoms with van der Waals surface area (Å²) in [5.41, 5.74) is 1.63. The van der Waals surface area contributed by atoms with Crippen molar-refractivity contribution < 1.29 is 14.0 Å². The second kappa shape index (κ2) is 8.71. The molecule has 1 aromatic heterocycles. The van der Waals surface area contributed by atoms with Crippen molar-refractivity contribution in [1.82, 2.24) is 14.9 Å². The SMILES string of the molecule is Cc1ccc(N(C(=O)c2csnn2)C(C(=O)NC(C)(C)C)c2ccc(F)cc2)cc1. The number of halogens is 1. The minimum Gasteiger partial charge on any atom is -0.349 e. The lowest BCUT2D eigenvalue weighted by molar-refractivity contribution is -0.123. The van der Waals surface area contributed by atoms with Crippen molar-refractivity contribution in [1.29, 1.82) is 0 Å². The van der Waals surface area contributed by atoms with Crippen LogP contribution in [0, 0.1) is 12.7 Å². The molecule has 0 spiro atoms. The van der Waals surface area contributed by atoms with Crippen LogP contribution in [0.3, 0.4) is 0 Å². The van der Waals surface area contributed by atoms with Crippen LogP contribution in [0.5, 0.6) is 0 Å². The Morgan fingerprint density at radius 2 is 1.70 bits per heavy atom. The maximum Gasteiger partial charge on any atom is 0.280 e. The summed E-state index contributed by atoms with van der Waals surface area (Å²) in [6.07, 6.45) is 0. The van der Waals surface area contributed by atoms with E-state index in [1.54, 1.807) is 12.1 Å². The molecule has 6 nitrogen and oxygen atoms in total. The molecule has 3 rings (SSSR count). The average molecular weight is 427 g/mol. The van der Waals surface area contributed by atoms with Gasteiger partial charge < -0.3 is 5.32 Å². The van der Waals surface area contributed by atoms with E-state index in [4.69, 9.17) is 0 Å². The number of carbonyl (C=O) groups is 2. The second-order valence-corrected chi connectivity index (χ2v) is 8.60. The monoisotopic (exact) mass is 426 g/mol. The van der Waals surface area contributed by atoms with Crippen LogP contribution in [0.2, 0.25) is 0 Å². The predicted octanol–water partition coefficient (Wildman–Crippen LogP) is 4.29. The zero-order chi connectivity index (χ0) is 21.9. The Morgan fingerprint density at radius 1 is 1.07 bits per heavy atom. The highest BCUT2D eigenvalue weighted by Crippen LogP contribution is 2.30. The van der Waals surface area contributed by atoms with E-state index in [-0.39, 0.29) is 11.6 Å². The Bertz CT molecular complexity index is 1010. The van der Waals surface area contributed by atoms with E-state index < -0.39 is 23.3 Å². The summed E-state index contributed by atoms with van der Waals surface area (Å²) in [5.74, 6) is -1.28. The lowest BCUT2D eigenvalue weighted by Crippen LogP contribution is -2.49. The average Bonchev–Trinajstić information content (AvgIpc) is 3.21. The van der Waals surface area contributed by atoms with Gasteiger partial charge in [-0.15, -0.1) is 5.10 Å². The predicted molar refractivity (Wildman–Crippen MR) is 115 cm³/mol. The number of nitrogens with one attached hydrogen (secondary N) is 1. The van der Waals surface area contributed by atoms with E-state index in [0.29, 0.717) is 11.3 Å². The van der Waals surface area contributed by atoms with E-state index in [1.807, 2.05) is 39.8 Å². The van der Waals surface area contributed by atoms with Crippen LogP contribution in [0.1, 0.15) is 48.4 Å². The lowest BCUT2D eigenvalue weighted by atomic mass is 10.00. The van der Waals surface area contributed by atoms with Gasteiger partial charge in [0.1, 0.15) is 11.9 Å². The smallest absolute Gasteiger partial charge is 0.280 e. The molecule has 30 heavy (non-hydrogen) atoms. The summed E-state index contributed by atoms with van der Waals surface area (Å²) in [6.45, 7) is 7.50. The van der Waals surface area contributed by atoms with Gasteiger partial charge in [0.2, 0.25) is 5.91 Å². The largest absolute Gasteiger partial charge is 0.349 e. The highest BCUT2D eigenvalue weighted by molar-refractivity contribution is 7.03. The number of aryl methyl sites for hydroxylation is 1. The molecule has 1 heterocycles. The molecule has 1 atom stereocenters. The summed E-state index contributed by atoms with van der Waals surface area (Å²) in [5, 5.41) is 8.36. The number of hydrogen-bond donors (Lipinski definition) is 1. The van der Waals surface area contributed by atoms with Gasteiger partial charge >= 0.3 is 0 Å². The van der Waals surface area contributed by atoms with Crippen molar-refractivity contribution >= 4 is 29.0 Å². The number of aromatic nitrogens is 2. The fraction of sp³-hybridized carbons (Fsp3) is 0.273. The number of hydrogen-bond acceptors (Lipinski definition) is 5. The van der Waals surface area contributed by atoms with E-state index in [2.05, 4.69) is 14.9 Å². The Labute approximate surface area is 178 Å². The molecular formula is C22H23FN4O2S. The molecule has 0 aliphatic rings. The highest BCUT2D eigenvalue weighted by Gasteiger charge is 2.35. The number of carbonyl (C=O) groups excluding carboxylic acids is 2. The zero-order valence-corrected chi connectivity index (χ0v) is 18.0. The Hall–Kier alpha value is -3.13. The molecule has 2 amide bonds. The van der Waals surface area contributed by atoms with Gasteiger partial charge in [-0.1, -0.05) is 34.3 Å². The van der Waals surface area contributed by atoms with Crippen molar-refractivity contribution in [2.45, 2.75) is 39.3 Å². The van der Waals surface area contributed by atoms with Crippen LogP contribution in [0.15, 0.2) is 53.9 Å². The van der Waals surface area contributed by atoms with Crippen molar-refractivity contribution in [3.05, 3.63) is 76.5 Å². The van der Waals surface area contributed by atoms with Gasteiger partial charge in [-0.3, -0.25) is 14.5 Å². The highest BCUT2D eigenvalue weighted by atomic mass is 32.1. The molecule has 0 saturated heterocycles. The normalized spacial score (nSPS) is 12.3. The second-order valence-electron chi connectivity index (χ2n) is 7.99. The molecule has 1 N–H and O–H groups in total. The number of anilines is 1. The standard InChI is InChI=1S/C22H23FN4O2S/c1-14-5-11-17(12-6-14)27(21(29)18-13-30-26-25-18)19(20(28)24-22(2,3)4)15-7-9-16(23)10-8-15/h5-13,19H,1-4H3,(H,24,28). The first-order valence-electron chi connectivity index (χ1n) is 9.40. The number of nitrogens with zero attached hydrogens (tertiary/aromatic N) is 3. The number of amides is 2. The minimum atomic E-state index is -1.03. The zero-order valence-electron chi connectivity index (χ0n) is 17.2. The number of benzene rings is 2. The van der Waals surface area contributed by atoms with Crippen LogP contribution in [-0.2, 0) is 4.79 Å². The maximum absolute atomic E-state index is 13.6. The van der Waals surface area contributed by atoms with Crippen LogP contribution in [-0.4, -0.2) is 26.9 Å². The van der Waals surface area contributed by atoms with Crippen molar-refractivity contribution in [2.24, 2.45) is 0 Å². The van der Waals surface area contributed by atoms with Crippen LogP contribution in [0.25, 0.3) is 0 Å². The number of rotatable bonds is 5. The van der Waals surface area contributed by atoms with Gasteiger partial charge in [-0.2, -0.15) is 0 Å². The van der Waals surface area contributed by atoms with Crippen LogP contribution >= 0.6 is 11.5 Å². The summed E-state index contributed by atoms with van der Waals surface area (Å²) in [7, 11) is 0. The van der Waals surface area contributed by atoms with Gasteiger partial charge in [0.05, 0.1) is 0 Å². The molecular weight excluding hydrogens is 403 g/mol. The van der Waals surface area contributed by atoms with E-state index in [1.165, 1.54) is 34.5 Å². The summed E-state index contributed by atoms with van der Waals surface area (Å²) in [6, 6.07) is 11.8. The molecule has 0 bridgehead atoms. The molecule has 2 aromatic carbocycles. The molecule has 3 aromatic rings. The molecule has 156 valence electrons. The third kappa shape index (κ3) is 5.07. The molecule has 0 fully saturated rings. The lowest BCUT2D eigenvalue weighted by Gasteiger charge is -2.33. The molecule has 1 unspecified atom stereocenters. The quantitative estimate of drug-likeness (QED) is 0.660. The topological polar surface area (TPSA) is 75.2 Å². The first-order chi connectivity index (χ1) is 14.2. The third-order valence-corrected chi connectivity index (χ3v) is 4.81. The first kappa shape index (κ1) is 21.6. The van der Waals surface area contributed by atoms with Crippen LogP contribution in [0.4, 0.5) is 10.1 Å². The Balaban J connectivity index is 2.16. The van der Waals surface area contributed by atoms with Gasteiger partial charge in [0, 0.05) is 16.6 Å². The van der Waals surface area contributed by atoms with E-state index >= 15 is 0 Å². The van der Waals surface area contributed by atoms with Gasteiger partial charge in [0.25, 0.3) is 5.91 Å². The molecule has 0 aliphatic carbocycles. The molecule has 0 radical (unpaired) electrons. The van der Waals surface area contributed by atoms with Crippen LogP contribution < -0.4 is 10.2 Å². The van der Waals surface area contributed by atoms with E-state index in [9.17, 15) is 14.0 Å². The Morgan fingerprint density at radius 3 is 2.23 bits per heavy atom. The fourth-order valence-electron chi connectivity index (χ4n) is 2.97. The van der Waals surface area contributed by atoms with Gasteiger partial charge in [-0.05, 0) is 69.1 Å². The summed E-state index contributed by atoms with van der Waals surface area (Å²) < 4.78 is 17.4. The Kier molecular flexibility index (Phi) is 6.26. The summed E-state index contributed by atoms with van der Waals surface area (Å²) >= 11 is 1.05. The molecule has 0 aliphatic heterocycles. The van der Waals surface area contributed by atoms with Gasteiger partial charge in [0.15, 0.2) is 5.69 Å². The minimum absolute atomic E-state index is 0.135. The van der Waals surface area contributed by atoms with Crippen molar-refractivity contribution in [3.8, 4) is 0 Å². The third-order valence-electron chi connectivity index (χ3n) is 4.30. The van der Waals surface area contributed by atoms with Crippen molar-refractivity contribution in [3.63, 3.8) is 0 Å².